The smallest absolute Gasteiger partial charge is 0.268 e. The van der Waals surface area contributed by atoms with Crippen molar-refractivity contribution in [2.45, 2.75) is 39.0 Å². The van der Waals surface area contributed by atoms with E-state index in [1.165, 1.54) is 0 Å². The number of hydrogen-bond donors (Lipinski definition) is 2. The van der Waals surface area contributed by atoms with E-state index in [0.717, 1.165) is 11.1 Å². The zero-order chi connectivity index (χ0) is 17.5. The van der Waals surface area contributed by atoms with Gasteiger partial charge in [-0.05, 0) is 39.0 Å². The molecule has 1 aliphatic heterocycles. The van der Waals surface area contributed by atoms with E-state index in [-0.39, 0.29) is 11.8 Å². The summed E-state index contributed by atoms with van der Waals surface area (Å²) in [5.74, 6) is 6.45. The van der Waals surface area contributed by atoms with Gasteiger partial charge in [0.15, 0.2) is 0 Å². The number of amides is 1. The van der Waals surface area contributed by atoms with Crippen LogP contribution in [0.3, 0.4) is 0 Å². The summed E-state index contributed by atoms with van der Waals surface area (Å²) in [6.45, 7) is 5.76. The molecular weight excluding hydrogens is 306 g/mol. The molecule has 1 aliphatic rings. The first kappa shape index (κ1) is 16.1. The van der Waals surface area contributed by atoms with Gasteiger partial charge in [-0.3, -0.25) is 4.79 Å². The summed E-state index contributed by atoms with van der Waals surface area (Å²) in [6.07, 6.45) is 1.56. The number of hydrogen-bond acceptors (Lipinski definition) is 4. The normalized spacial score (nSPS) is 16.1. The van der Waals surface area contributed by atoms with Crippen LogP contribution in [-0.4, -0.2) is 32.3 Å². The molecule has 1 unspecified atom stereocenters. The van der Waals surface area contributed by atoms with Crippen LogP contribution in [0, 0.1) is 11.8 Å². The van der Waals surface area contributed by atoms with Crippen LogP contribution in [0.2, 0.25) is 0 Å². The van der Waals surface area contributed by atoms with Gasteiger partial charge < -0.3 is 20.1 Å². The van der Waals surface area contributed by atoms with Gasteiger partial charge in [-0.25, -0.2) is 4.98 Å². The summed E-state index contributed by atoms with van der Waals surface area (Å²) >= 11 is 0. The van der Waals surface area contributed by atoms with Gasteiger partial charge in [0.25, 0.3) is 5.91 Å². The maximum atomic E-state index is 11.4. The van der Waals surface area contributed by atoms with E-state index >= 15 is 0 Å². The molecule has 6 nitrogen and oxygen atoms in total. The first-order valence-electron chi connectivity index (χ1n) is 7.66. The number of nitrogens with zero attached hydrogens (tertiary/aromatic N) is 2. The summed E-state index contributed by atoms with van der Waals surface area (Å²) in [4.78, 5) is 15.8. The number of carbonyl (C=O) groups is 1. The van der Waals surface area contributed by atoms with Crippen LogP contribution in [0.4, 0.5) is 0 Å². The molecule has 2 heterocycles. The number of carbonyl (C=O) groups excluding carboxylic acids is 1. The highest BCUT2D eigenvalue weighted by atomic mass is 16.5. The predicted molar refractivity (Wildman–Crippen MR) is 89.4 cm³/mol. The molecule has 0 radical (unpaired) electrons. The maximum absolute atomic E-state index is 11.4. The zero-order valence-corrected chi connectivity index (χ0v) is 13.8. The lowest BCUT2D eigenvalue weighted by molar-refractivity contribution is 0.0995. The molecular formula is C18H19N3O3. The fourth-order valence-corrected chi connectivity index (χ4v) is 2.53. The SMILES string of the molecule is CC1Cn2cc(C(N)=O)nc2-c2cc(C#CC(C)(C)O)ccc2O1. The fourth-order valence-electron chi connectivity index (χ4n) is 2.53. The van der Waals surface area contributed by atoms with Gasteiger partial charge in [-0.2, -0.15) is 0 Å². The number of rotatable bonds is 1. The molecule has 1 aromatic carbocycles. The lowest BCUT2D eigenvalue weighted by Gasteiger charge is -2.12. The Hall–Kier alpha value is -2.78. The van der Waals surface area contributed by atoms with Crippen LogP contribution in [-0.2, 0) is 6.54 Å². The fraction of sp³-hybridized carbons (Fsp3) is 0.333. The molecule has 3 rings (SSSR count). The average molecular weight is 325 g/mol. The van der Waals surface area contributed by atoms with Crippen molar-refractivity contribution < 1.29 is 14.6 Å². The third-order valence-corrected chi connectivity index (χ3v) is 3.54. The van der Waals surface area contributed by atoms with E-state index in [0.29, 0.717) is 18.1 Å². The van der Waals surface area contributed by atoms with Crippen LogP contribution in [0.5, 0.6) is 5.75 Å². The topological polar surface area (TPSA) is 90.4 Å². The summed E-state index contributed by atoms with van der Waals surface area (Å²) in [5, 5.41) is 9.75. The monoisotopic (exact) mass is 325 g/mol. The second-order valence-corrected chi connectivity index (χ2v) is 6.41. The number of imidazole rings is 1. The Morgan fingerprint density at radius 3 is 2.92 bits per heavy atom. The molecule has 1 atom stereocenters. The van der Waals surface area contributed by atoms with Crippen LogP contribution in [0.1, 0.15) is 36.8 Å². The molecule has 1 amide bonds. The van der Waals surface area contributed by atoms with Crippen LogP contribution >= 0.6 is 0 Å². The summed E-state index contributed by atoms with van der Waals surface area (Å²) in [5.41, 5.74) is 5.97. The first-order valence-corrected chi connectivity index (χ1v) is 7.66. The highest BCUT2D eigenvalue weighted by Gasteiger charge is 2.23. The number of primary amides is 1. The Morgan fingerprint density at radius 1 is 1.50 bits per heavy atom. The van der Waals surface area contributed by atoms with E-state index in [4.69, 9.17) is 10.5 Å². The summed E-state index contributed by atoms with van der Waals surface area (Å²) in [7, 11) is 0. The van der Waals surface area contributed by atoms with E-state index in [9.17, 15) is 9.90 Å². The van der Waals surface area contributed by atoms with Crippen molar-refractivity contribution in [2.75, 3.05) is 0 Å². The number of nitrogens with two attached hydrogens (primary N) is 1. The van der Waals surface area contributed by atoms with E-state index in [1.54, 1.807) is 20.0 Å². The molecule has 6 heteroatoms. The van der Waals surface area contributed by atoms with Gasteiger partial charge in [0.1, 0.15) is 29.0 Å². The molecule has 1 aromatic heterocycles. The third kappa shape index (κ3) is 3.26. The standard InChI is InChI=1S/C18H19N3O3/c1-11-9-21-10-14(16(19)22)20-17(21)13-8-12(4-5-15(13)24-11)6-7-18(2,3)23/h4-5,8,10-11,23H,9H2,1-3H3,(H2,19,22). The Bertz CT molecular complexity index is 866. The summed E-state index contributed by atoms with van der Waals surface area (Å²) < 4.78 is 7.79. The average Bonchev–Trinajstić information content (AvgIpc) is 2.84. The van der Waals surface area contributed by atoms with E-state index < -0.39 is 11.5 Å². The molecule has 2 aromatic rings. The lowest BCUT2D eigenvalue weighted by atomic mass is 10.1. The van der Waals surface area contributed by atoms with Crippen molar-refractivity contribution in [3.8, 4) is 29.0 Å². The lowest BCUT2D eigenvalue weighted by Crippen LogP contribution is -2.17. The molecule has 0 spiro atoms. The molecule has 0 aliphatic carbocycles. The van der Waals surface area contributed by atoms with Crippen molar-refractivity contribution in [3.05, 3.63) is 35.7 Å². The van der Waals surface area contributed by atoms with Crippen molar-refractivity contribution in [1.82, 2.24) is 9.55 Å². The minimum absolute atomic E-state index is 0.0757. The minimum atomic E-state index is -1.07. The van der Waals surface area contributed by atoms with Crippen LogP contribution in [0.25, 0.3) is 11.4 Å². The first-order chi connectivity index (χ1) is 11.2. The Balaban J connectivity index is 2.13. The van der Waals surface area contributed by atoms with Gasteiger partial charge >= 0.3 is 0 Å². The van der Waals surface area contributed by atoms with Crippen molar-refractivity contribution in [2.24, 2.45) is 5.73 Å². The third-order valence-electron chi connectivity index (χ3n) is 3.54. The molecule has 124 valence electrons. The second kappa shape index (κ2) is 5.69. The molecule has 0 saturated heterocycles. The Labute approximate surface area is 140 Å². The van der Waals surface area contributed by atoms with Crippen LogP contribution < -0.4 is 10.5 Å². The van der Waals surface area contributed by atoms with Gasteiger partial charge in [-0.1, -0.05) is 11.8 Å². The van der Waals surface area contributed by atoms with Crippen molar-refractivity contribution in [3.63, 3.8) is 0 Å². The zero-order valence-electron chi connectivity index (χ0n) is 13.8. The van der Waals surface area contributed by atoms with Gasteiger partial charge in [0.05, 0.1) is 12.1 Å². The number of benzene rings is 1. The van der Waals surface area contributed by atoms with E-state index in [2.05, 4.69) is 16.8 Å². The molecule has 0 bridgehead atoms. The number of fused-ring (bicyclic) bond motifs is 3. The molecule has 24 heavy (non-hydrogen) atoms. The van der Waals surface area contributed by atoms with Gasteiger partial charge in [0.2, 0.25) is 0 Å². The van der Waals surface area contributed by atoms with Crippen molar-refractivity contribution in [1.29, 1.82) is 0 Å². The number of aromatic nitrogens is 2. The number of aliphatic hydroxyl groups is 1. The number of ether oxygens (including phenoxy) is 1. The van der Waals surface area contributed by atoms with E-state index in [1.807, 2.05) is 29.7 Å². The molecule has 3 N–H and O–H groups in total. The highest BCUT2D eigenvalue weighted by molar-refractivity contribution is 5.91. The second-order valence-electron chi connectivity index (χ2n) is 6.41. The maximum Gasteiger partial charge on any atom is 0.268 e. The van der Waals surface area contributed by atoms with Gasteiger partial charge in [0, 0.05) is 11.8 Å². The molecule has 0 fully saturated rings. The minimum Gasteiger partial charge on any atom is -0.488 e. The predicted octanol–water partition coefficient (Wildman–Crippen LogP) is 1.55. The molecule has 0 saturated carbocycles. The summed E-state index contributed by atoms with van der Waals surface area (Å²) in [6, 6.07) is 5.50. The van der Waals surface area contributed by atoms with Gasteiger partial charge in [-0.15, -0.1) is 0 Å². The van der Waals surface area contributed by atoms with Crippen molar-refractivity contribution >= 4 is 5.91 Å². The Morgan fingerprint density at radius 2 is 2.25 bits per heavy atom. The van der Waals surface area contributed by atoms with Crippen LogP contribution in [0.15, 0.2) is 24.4 Å². The quantitative estimate of drug-likeness (QED) is 0.778. The largest absolute Gasteiger partial charge is 0.488 e. The highest BCUT2D eigenvalue weighted by Crippen LogP contribution is 2.34. The Kier molecular flexibility index (Phi) is 3.82.